The minimum atomic E-state index is -4.95. The molecule has 2 aliphatic rings. The van der Waals surface area contributed by atoms with Crippen molar-refractivity contribution in [1.29, 1.82) is 10.8 Å². The predicted octanol–water partition coefficient (Wildman–Crippen LogP) is 3.78. The zero-order chi connectivity index (χ0) is 48.0. The number of amides is 4. The number of carbonyl (C=O) groups is 4. The Morgan fingerprint density at radius 3 is 1.44 bits per heavy atom. The number of nitrogens with one attached hydrogen (secondary N) is 10. The van der Waals surface area contributed by atoms with E-state index in [1.54, 1.807) is 0 Å². The van der Waals surface area contributed by atoms with Gasteiger partial charge < -0.3 is 63.5 Å². The SMILES string of the molecule is CC(F)(F)c1cc(NC(=O)CCCCNC(=N)N)c(O[C@@H]2CCNC2)c(NC(=O)c2cc(C(=O)Nc3cc(C(F)(F)F)cc(NC(=O)CCCCNC(=N)N)c3O[C@@H]3CCNC3)ncn2)c1. The van der Waals surface area contributed by atoms with Crippen molar-refractivity contribution in [3.63, 3.8) is 0 Å². The molecule has 2 aliphatic heterocycles. The maximum atomic E-state index is 15.0. The van der Waals surface area contributed by atoms with Crippen molar-refractivity contribution in [3.05, 3.63) is 59.2 Å². The van der Waals surface area contributed by atoms with E-state index in [1.807, 2.05) is 0 Å². The summed E-state index contributed by atoms with van der Waals surface area (Å²) in [7, 11) is 0. The van der Waals surface area contributed by atoms with Gasteiger partial charge in [-0.25, -0.2) is 18.7 Å². The summed E-state index contributed by atoms with van der Waals surface area (Å²) in [6.45, 7) is 3.03. The van der Waals surface area contributed by atoms with Crippen molar-refractivity contribution < 1.29 is 50.6 Å². The second-order valence-corrected chi connectivity index (χ2v) is 15.5. The lowest BCUT2D eigenvalue weighted by molar-refractivity contribution is -0.137. The molecule has 2 fully saturated rings. The fourth-order valence-electron chi connectivity index (χ4n) is 6.76. The number of carbonyl (C=O) groups excluding carboxylic acids is 4. The van der Waals surface area contributed by atoms with E-state index >= 15 is 0 Å². The highest BCUT2D eigenvalue weighted by Crippen LogP contribution is 2.43. The van der Waals surface area contributed by atoms with Crippen molar-refractivity contribution in [2.24, 2.45) is 11.5 Å². The molecule has 0 radical (unpaired) electrons. The fraction of sp³-hybridized carbons (Fsp3) is 0.463. The fourth-order valence-corrected chi connectivity index (χ4v) is 6.76. The third kappa shape index (κ3) is 15.1. The Balaban J connectivity index is 1.42. The number of halogens is 5. The summed E-state index contributed by atoms with van der Waals surface area (Å²) in [4.78, 5) is 61.6. The van der Waals surface area contributed by atoms with Crippen LogP contribution in [-0.2, 0) is 21.7 Å². The average Bonchev–Trinajstić information content (AvgIpc) is 3.97. The van der Waals surface area contributed by atoms with Crippen LogP contribution in [0.4, 0.5) is 44.7 Å². The van der Waals surface area contributed by atoms with Crippen molar-refractivity contribution >= 4 is 58.3 Å². The van der Waals surface area contributed by atoms with Crippen LogP contribution in [0, 0.1) is 10.8 Å². The Kier molecular flexibility index (Phi) is 17.3. The number of nitrogens with zero attached hydrogens (tertiary/aromatic N) is 2. The number of unbranched alkanes of at least 4 members (excludes halogenated alkanes) is 2. The van der Waals surface area contributed by atoms with Crippen LogP contribution in [0.15, 0.2) is 36.7 Å². The molecule has 3 heterocycles. The van der Waals surface area contributed by atoms with Gasteiger partial charge in [-0.2, -0.15) is 13.2 Å². The van der Waals surface area contributed by atoms with E-state index in [4.69, 9.17) is 31.8 Å². The van der Waals surface area contributed by atoms with Crippen LogP contribution in [0.2, 0.25) is 0 Å². The van der Waals surface area contributed by atoms with E-state index in [0.717, 1.165) is 24.5 Å². The molecule has 5 rings (SSSR count). The Morgan fingerprint density at radius 2 is 1.08 bits per heavy atom. The lowest BCUT2D eigenvalue weighted by atomic mass is 10.1. The van der Waals surface area contributed by atoms with Gasteiger partial charge in [0.25, 0.3) is 17.7 Å². The molecule has 4 amide bonds. The predicted molar refractivity (Wildman–Crippen MR) is 234 cm³/mol. The Bertz CT molecular complexity index is 2100. The standard InChI is InChI=1S/C41H53F5N14O6/c1-40(42,43)22-14-26(57-32(61)6-2-4-10-53-38(47)48)34(65-24-8-12-51-19-24)28(15-22)59-36(63)30-18-31(56-21-55-30)37(64)60-29-17-23(41(44,45)46)16-27(35(29)66-25-9-13-52-20-25)58-33(62)7-3-5-11-54-39(49)50/h14-18,21,24-25,51-52H,2-13,19-20H2,1H3,(H,57,61)(H,58,62)(H,59,63)(H,60,64)(H4,47,48,53)(H4,49,50,54)/t24-,25-/m1/s1. The number of nitrogens with two attached hydrogens (primary N) is 2. The van der Waals surface area contributed by atoms with E-state index in [0.29, 0.717) is 96.8 Å². The first-order chi connectivity index (χ1) is 31.3. The molecule has 0 spiro atoms. The number of rotatable bonds is 21. The van der Waals surface area contributed by atoms with E-state index in [1.165, 1.54) is 0 Å². The number of anilines is 4. The highest BCUT2D eigenvalue weighted by molar-refractivity contribution is 6.09. The number of guanidine groups is 2. The van der Waals surface area contributed by atoms with Gasteiger partial charge in [0.15, 0.2) is 23.4 Å². The van der Waals surface area contributed by atoms with E-state index in [2.05, 4.69) is 52.5 Å². The molecule has 0 bridgehead atoms. The number of hydrogen-bond acceptors (Lipinski definition) is 12. The van der Waals surface area contributed by atoms with E-state index in [9.17, 15) is 41.1 Å². The minimum absolute atomic E-state index is 0.0335. The van der Waals surface area contributed by atoms with Crippen molar-refractivity contribution in [1.82, 2.24) is 31.2 Å². The van der Waals surface area contributed by atoms with Crippen molar-refractivity contribution in [2.75, 3.05) is 60.5 Å². The second-order valence-electron chi connectivity index (χ2n) is 15.5. The van der Waals surface area contributed by atoms with Gasteiger partial charge in [0.05, 0.1) is 28.3 Å². The molecule has 2 aromatic carbocycles. The van der Waals surface area contributed by atoms with E-state index in [-0.39, 0.29) is 53.3 Å². The number of ether oxygens (including phenoxy) is 2. The molecule has 2 saturated heterocycles. The molecular formula is C41H53F5N14O6. The highest BCUT2D eigenvalue weighted by atomic mass is 19.4. The number of aromatic nitrogens is 2. The summed E-state index contributed by atoms with van der Waals surface area (Å²) in [5.74, 6) is -7.70. The van der Waals surface area contributed by atoms with Gasteiger partial charge in [-0.05, 0) is 75.9 Å². The quantitative estimate of drug-likeness (QED) is 0.0313. The van der Waals surface area contributed by atoms with Crippen LogP contribution < -0.4 is 63.5 Å². The van der Waals surface area contributed by atoms with Crippen LogP contribution >= 0.6 is 0 Å². The lowest BCUT2D eigenvalue weighted by Crippen LogP contribution is -2.31. The van der Waals surface area contributed by atoms with Crippen LogP contribution in [0.3, 0.4) is 0 Å². The third-order valence-electron chi connectivity index (χ3n) is 10.1. The largest absolute Gasteiger partial charge is 0.485 e. The van der Waals surface area contributed by atoms with Crippen LogP contribution in [-0.4, -0.2) is 97.0 Å². The first-order valence-electron chi connectivity index (χ1n) is 21.0. The summed E-state index contributed by atoms with van der Waals surface area (Å²) in [5, 5.41) is 35.9. The molecule has 14 N–H and O–H groups in total. The van der Waals surface area contributed by atoms with Gasteiger partial charge >= 0.3 is 6.18 Å². The molecule has 1 aromatic heterocycles. The first-order valence-corrected chi connectivity index (χ1v) is 21.0. The van der Waals surface area contributed by atoms with Gasteiger partial charge in [0.2, 0.25) is 11.8 Å². The van der Waals surface area contributed by atoms with Gasteiger partial charge in [0, 0.05) is 57.6 Å². The van der Waals surface area contributed by atoms with Crippen LogP contribution in [0.5, 0.6) is 11.5 Å². The lowest BCUT2D eigenvalue weighted by Gasteiger charge is -2.23. The minimum Gasteiger partial charge on any atom is -0.485 e. The smallest absolute Gasteiger partial charge is 0.416 e. The molecule has 3 aromatic rings. The number of alkyl halides is 5. The second kappa shape index (κ2) is 22.8. The monoisotopic (exact) mass is 932 g/mol. The van der Waals surface area contributed by atoms with Gasteiger partial charge in [-0.15, -0.1) is 0 Å². The Labute approximate surface area is 375 Å². The molecule has 20 nitrogen and oxygen atoms in total. The number of hydrogen-bond donors (Lipinski definition) is 12. The highest BCUT2D eigenvalue weighted by Gasteiger charge is 2.35. The van der Waals surface area contributed by atoms with Gasteiger partial charge in [-0.3, -0.25) is 30.0 Å². The van der Waals surface area contributed by atoms with Crippen LogP contribution in [0.25, 0.3) is 0 Å². The zero-order valence-corrected chi connectivity index (χ0v) is 35.9. The maximum Gasteiger partial charge on any atom is 0.416 e. The molecule has 25 heteroatoms. The molecule has 0 unspecified atom stereocenters. The summed E-state index contributed by atoms with van der Waals surface area (Å²) in [6, 6.07) is 4.26. The summed E-state index contributed by atoms with van der Waals surface area (Å²) in [5.41, 5.74) is 6.49. The van der Waals surface area contributed by atoms with Crippen molar-refractivity contribution in [2.45, 2.75) is 82.6 Å². The molecule has 66 heavy (non-hydrogen) atoms. The van der Waals surface area contributed by atoms with Gasteiger partial charge in [0.1, 0.15) is 29.9 Å². The van der Waals surface area contributed by atoms with Gasteiger partial charge in [-0.1, -0.05) is 0 Å². The molecule has 0 aliphatic carbocycles. The van der Waals surface area contributed by atoms with Crippen molar-refractivity contribution in [3.8, 4) is 11.5 Å². The normalized spacial score (nSPS) is 15.9. The summed E-state index contributed by atoms with van der Waals surface area (Å²) >= 11 is 0. The Hall–Kier alpha value is -6.89. The zero-order valence-electron chi connectivity index (χ0n) is 35.9. The summed E-state index contributed by atoms with van der Waals surface area (Å²) < 4.78 is 85.1. The third-order valence-corrected chi connectivity index (χ3v) is 10.1. The molecule has 0 saturated carbocycles. The molecule has 358 valence electrons. The number of benzene rings is 2. The Morgan fingerprint density at radius 1 is 0.667 bits per heavy atom. The average molecular weight is 933 g/mol. The van der Waals surface area contributed by atoms with E-state index < -0.39 is 76.1 Å². The molecule has 2 atom stereocenters. The summed E-state index contributed by atoms with van der Waals surface area (Å²) in [6.07, 6.45) is -2.80. The first kappa shape index (κ1) is 50.1. The topological polar surface area (TPSA) is 308 Å². The maximum absolute atomic E-state index is 15.0. The molecular weight excluding hydrogens is 880 g/mol. The van der Waals surface area contributed by atoms with Crippen LogP contribution in [0.1, 0.15) is 90.4 Å².